The van der Waals surface area contributed by atoms with E-state index in [0.717, 1.165) is 36.5 Å². The van der Waals surface area contributed by atoms with Gasteiger partial charge < -0.3 is 10.2 Å². The molecule has 2 aliphatic heterocycles. The zero-order valence-corrected chi connectivity index (χ0v) is 11.9. The number of likely N-dealkylation sites (tertiary alicyclic amines) is 1. The fourth-order valence-electron chi connectivity index (χ4n) is 2.48. The summed E-state index contributed by atoms with van der Waals surface area (Å²) >= 11 is 1.46. The summed E-state index contributed by atoms with van der Waals surface area (Å²) in [5, 5.41) is 13.2. The number of hydrogen-bond donors (Lipinski definition) is 1. The van der Waals surface area contributed by atoms with Gasteiger partial charge in [0.1, 0.15) is 16.7 Å². The van der Waals surface area contributed by atoms with Crippen molar-refractivity contribution in [1.82, 2.24) is 4.90 Å². The van der Waals surface area contributed by atoms with E-state index in [2.05, 4.69) is 11.4 Å². The minimum Gasteiger partial charge on any atom is -0.348 e. The van der Waals surface area contributed by atoms with E-state index < -0.39 is 0 Å². The van der Waals surface area contributed by atoms with Crippen molar-refractivity contribution >= 4 is 23.4 Å². The number of nitriles is 1. The third kappa shape index (κ3) is 2.39. The normalized spacial score (nSPS) is 19.9. The number of fused-ring (bicyclic) bond motifs is 1. The Morgan fingerprint density at radius 1 is 1.25 bits per heavy atom. The Morgan fingerprint density at radius 2 is 2.00 bits per heavy atom. The minimum atomic E-state index is -0.144. The van der Waals surface area contributed by atoms with Crippen molar-refractivity contribution in [2.75, 3.05) is 18.4 Å². The molecule has 20 heavy (non-hydrogen) atoms. The molecule has 102 valence electrons. The molecule has 1 amide bonds. The number of nitrogens with zero attached hydrogens (tertiary/aromatic N) is 2. The molecule has 0 bridgehead atoms. The number of carbonyl (C=O) groups is 1. The zero-order valence-electron chi connectivity index (χ0n) is 11.1. The summed E-state index contributed by atoms with van der Waals surface area (Å²) < 4.78 is 0. The molecular formula is C15H15N3OS. The quantitative estimate of drug-likeness (QED) is 0.636. The molecule has 1 saturated heterocycles. The van der Waals surface area contributed by atoms with Crippen LogP contribution in [0.15, 0.2) is 39.8 Å². The number of anilines is 1. The van der Waals surface area contributed by atoms with Gasteiger partial charge >= 0.3 is 0 Å². The van der Waals surface area contributed by atoms with E-state index in [1.54, 1.807) is 4.90 Å². The molecule has 0 atom stereocenters. The van der Waals surface area contributed by atoms with Gasteiger partial charge in [0, 0.05) is 18.0 Å². The van der Waals surface area contributed by atoms with Gasteiger partial charge in [-0.05, 0) is 31.4 Å². The first-order chi connectivity index (χ1) is 9.79. The molecule has 2 heterocycles. The Labute approximate surface area is 122 Å². The molecule has 1 aromatic rings. The van der Waals surface area contributed by atoms with E-state index in [1.165, 1.54) is 18.2 Å². The SMILES string of the molecule is N#CC(C(=O)N1CCCCC1)=C1Nc2ccccc2S1. The smallest absolute Gasteiger partial charge is 0.267 e. The second kappa shape index (κ2) is 5.59. The van der Waals surface area contributed by atoms with Crippen LogP contribution in [0.2, 0.25) is 0 Å². The molecule has 1 fully saturated rings. The second-order valence-corrected chi connectivity index (χ2v) is 5.94. The molecule has 5 heteroatoms. The molecule has 2 aliphatic rings. The summed E-state index contributed by atoms with van der Waals surface area (Å²) in [5.41, 5.74) is 1.19. The van der Waals surface area contributed by atoms with E-state index in [4.69, 9.17) is 0 Å². The molecular weight excluding hydrogens is 270 g/mol. The maximum absolute atomic E-state index is 12.5. The molecule has 0 aromatic heterocycles. The first kappa shape index (κ1) is 13.1. The van der Waals surface area contributed by atoms with Gasteiger partial charge in [-0.1, -0.05) is 23.9 Å². The Hall–Kier alpha value is -1.93. The fourth-order valence-corrected chi connectivity index (χ4v) is 3.47. The van der Waals surface area contributed by atoms with Crippen LogP contribution in [-0.4, -0.2) is 23.9 Å². The predicted octanol–water partition coefficient (Wildman–Crippen LogP) is 2.95. The highest BCUT2D eigenvalue weighted by Crippen LogP contribution is 2.42. The highest BCUT2D eigenvalue weighted by molar-refractivity contribution is 8.03. The molecule has 0 unspecified atom stereocenters. The van der Waals surface area contributed by atoms with Crippen LogP contribution < -0.4 is 5.32 Å². The summed E-state index contributed by atoms with van der Waals surface area (Å²) in [6.45, 7) is 1.52. The summed E-state index contributed by atoms with van der Waals surface area (Å²) in [6, 6.07) is 9.91. The monoisotopic (exact) mass is 285 g/mol. The highest BCUT2D eigenvalue weighted by Gasteiger charge is 2.27. The van der Waals surface area contributed by atoms with Gasteiger partial charge in [-0.3, -0.25) is 4.79 Å². The Kier molecular flexibility index (Phi) is 3.66. The van der Waals surface area contributed by atoms with Crippen LogP contribution in [0, 0.1) is 11.3 Å². The van der Waals surface area contributed by atoms with Gasteiger partial charge in [0.15, 0.2) is 0 Å². The maximum Gasteiger partial charge on any atom is 0.267 e. The third-order valence-electron chi connectivity index (χ3n) is 3.54. The van der Waals surface area contributed by atoms with Crippen LogP contribution in [-0.2, 0) is 4.79 Å². The number of nitrogens with one attached hydrogen (secondary N) is 1. The number of carbonyl (C=O) groups excluding carboxylic acids is 1. The Bertz CT molecular complexity index is 585. The lowest BCUT2D eigenvalue weighted by Crippen LogP contribution is -2.36. The van der Waals surface area contributed by atoms with Gasteiger partial charge in [-0.25, -0.2) is 0 Å². The molecule has 1 N–H and O–H groups in total. The number of piperidine rings is 1. The lowest BCUT2D eigenvalue weighted by atomic mass is 10.1. The molecule has 3 rings (SSSR count). The predicted molar refractivity (Wildman–Crippen MR) is 79.0 cm³/mol. The van der Waals surface area contributed by atoms with Crippen molar-refractivity contribution in [2.24, 2.45) is 0 Å². The Balaban J connectivity index is 1.86. The van der Waals surface area contributed by atoms with Crippen LogP contribution in [0.4, 0.5) is 5.69 Å². The maximum atomic E-state index is 12.5. The van der Waals surface area contributed by atoms with Crippen LogP contribution in [0.3, 0.4) is 0 Å². The van der Waals surface area contributed by atoms with Crippen molar-refractivity contribution < 1.29 is 4.79 Å². The number of rotatable bonds is 1. The van der Waals surface area contributed by atoms with Gasteiger partial charge in [0.2, 0.25) is 0 Å². The summed E-state index contributed by atoms with van der Waals surface area (Å²) in [7, 11) is 0. The van der Waals surface area contributed by atoms with Crippen molar-refractivity contribution in [2.45, 2.75) is 24.2 Å². The number of amides is 1. The number of para-hydroxylation sites is 1. The van der Waals surface area contributed by atoms with Crippen LogP contribution >= 0.6 is 11.8 Å². The molecule has 1 aromatic carbocycles. The van der Waals surface area contributed by atoms with Gasteiger partial charge in [0.05, 0.1) is 5.69 Å². The van der Waals surface area contributed by atoms with Gasteiger partial charge in [0.25, 0.3) is 5.91 Å². The lowest BCUT2D eigenvalue weighted by Gasteiger charge is -2.26. The molecule has 0 radical (unpaired) electrons. The first-order valence-corrected chi connectivity index (χ1v) is 7.59. The summed E-state index contributed by atoms with van der Waals surface area (Å²) in [5.74, 6) is -0.144. The van der Waals surface area contributed by atoms with Crippen molar-refractivity contribution in [3.8, 4) is 6.07 Å². The van der Waals surface area contributed by atoms with Crippen molar-refractivity contribution in [1.29, 1.82) is 5.26 Å². The number of benzene rings is 1. The van der Waals surface area contributed by atoms with Gasteiger partial charge in [-0.15, -0.1) is 0 Å². The summed E-state index contributed by atoms with van der Waals surface area (Å²) in [4.78, 5) is 15.3. The fraction of sp³-hybridized carbons (Fsp3) is 0.333. The number of hydrogen-bond acceptors (Lipinski definition) is 4. The van der Waals surface area contributed by atoms with Crippen LogP contribution in [0.5, 0.6) is 0 Å². The Morgan fingerprint density at radius 3 is 2.70 bits per heavy atom. The largest absolute Gasteiger partial charge is 0.348 e. The molecule has 0 aliphatic carbocycles. The second-order valence-electron chi connectivity index (χ2n) is 4.89. The van der Waals surface area contributed by atoms with E-state index in [9.17, 15) is 10.1 Å². The molecule has 0 saturated carbocycles. The zero-order chi connectivity index (χ0) is 13.9. The van der Waals surface area contributed by atoms with Crippen molar-refractivity contribution in [3.05, 3.63) is 34.9 Å². The first-order valence-electron chi connectivity index (χ1n) is 6.77. The molecule has 0 spiro atoms. The van der Waals surface area contributed by atoms with Gasteiger partial charge in [-0.2, -0.15) is 5.26 Å². The summed E-state index contributed by atoms with van der Waals surface area (Å²) in [6.07, 6.45) is 3.22. The average molecular weight is 285 g/mol. The third-order valence-corrected chi connectivity index (χ3v) is 4.63. The van der Waals surface area contributed by atoms with Crippen molar-refractivity contribution in [3.63, 3.8) is 0 Å². The van der Waals surface area contributed by atoms with E-state index >= 15 is 0 Å². The van der Waals surface area contributed by atoms with E-state index in [1.807, 2.05) is 24.3 Å². The highest BCUT2D eigenvalue weighted by atomic mass is 32.2. The van der Waals surface area contributed by atoms with E-state index in [0.29, 0.717) is 5.03 Å². The van der Waals surface area contributed by atoms with Crippen LogP contribution in [0.1, 0.15) is 19.3 Å². The lowest BCUT2D eigenvalue weighted by molar-refractivity contribution is -0.127. The van der Waals surface area contributed by atoms with Crippen LogP contribution in [0.25, 0.3) is 0 Å². The molecule has 4 nitrogen and oxygen atoms in total. The topological polar surface area (TPSA) is 56.1 Å². The van der Waals surface area contributed by atoms with E-state index in [-0.39, 0.29) is 11.5 Å². The number of thioether (sulfide) groups is 1. The standard InChI is InChI=1S/C15H15N3OS/c16-10-11(15(19)18-8-4-1-5-9-18)14-17-12-6-2-3-7-13(12)20-14/h2-3,6-7,17H,1,4-5,8-9H2. The minimum absolute atomic E-state index is 0.144. The average Bonchev–Trinajstić information content (AvgIpc) is 2.92.